The first kappa shape index (κ1) is 16.0. The van der Waals surface area contributed by atoms with Crippen molar-refractivity contribution in [2.45, 2.75) is 13.3 Å². The number of rotatable bonds is 5. The Bertz CT molecular complexity index is 664. The van der Waals surface area contributed by atoms with Gasteiger partial charge in [-0.3, -0.25) is 4.79 Å². The number of halogens is 1. The Hall–Kier alpha value is -2.33. The average molecular weight is 317 g/mol. The van der Waals surface area contributed by atoms with Crippen molar-refractivity contribution >= 4 is 23.2 Å². The first-order valence-corrected chi connectivity index (χ1v) is 7.18. The van der Waals surface area contributed by atoms with Gasteiger partial charge in [0.25, 0.3) is 0 Å². The van der Waals surface area contributed by atoms with Crippen molar-refractivity contribution in [3.05, 3.63) is 64.7 Å². The van der Waals surface area contributed by atoms with Gasteiger partial charge in [0.1, 0.15) is 5.75 Å². The third kappa shape index (κ3) is 4.60. The Kier molecular flexibility index (Phi) is 5.55. The summed E-state index contributed by atoms with van der Waals surface area (Å²) in [7, 11) is 1.61. The number of amides is 1. The van der Waals surface area contributed by atoms with E-state index in [4.69, 9.17) is 16.3 Å². The molecule has 2 aromatic carbocycles. The average Bonchev–Trinajstić information content (AvgIpc) is 2.54. The molecule has 0 bridgehead atoms. The molecule has 0 saturated carbocycles. The van der Waals surface area contributed by atoms with Gasteiger partial charge in [-0.2, -0.15) is 5.10 Å². The summed E-state index contributed by atoms with van der Waals surface area (Å²) in [6, 6.07) is 14.6. The molecular weight excluding hydrogens is 300 g/mol. The van der Waals surface area contributed by atoms with Crippen LogP contribution in [0.25, 0.3) is 0 Å². The van der Waals surface area contributed by atoms with Gasteiger partial charge in [0.15, 0.2) is 0 Å². The minimum Gasteiger partial charge on any atom is -0.497 e. The van der Waals surface area contributed by atoms with E-state index >= 15 is 0 Å². The van der Waals surface area contributed by atoms with Crippen LogP contribution in [-0.2, 0) is 11.2 Å². The smallest absolute Gasteiger partial charge is 0.244 e. The highest BCUT2D eigenvalue weighted by molar-refractivity contribution is 6.30. The normalized spacial score (nSPS) is 11.1. The lowest BCUT2D eigenvalue weighted by molar-refractivity contribution is -0.120. The van der Waals surface area contributed by atoms with Crippen LogP contribution in [0, 0.1) is 0 Å². The van der Waals surface area contributed by atoms with Gasteiger partial charge in [-0.1, -0.05) is 35.9 Å². The molecule has 0 aliphatic carbocycles. The van der Waals surface area contributed by atoms with Crippen molar-refractivity contribution in [2.24, 2.45) is 5.10 Å². The second-order valence-corrected chi connectivity index (χ2v) is 5.20. The largest absolute Gasteiger partial charge is 0.497 e. The van der Waals surface area contributed by atoms with Crippen molar-refractivity contribution in [1.82, 2.24) is 5.43 Å². The van der Waals surface area contributed by atoms with Gasteiger partial charge in [0.05, 0.1) is 19.2 Å². The van der Waals surface area contributed by atoms with Crippen LogP contribution in [0.1, 0.15) is 18.1 Å². The van der Waals surface area contributed by atoms with Crippen molar-refractivity contribution in [3.63, 3.8) is 0 Å². The molecule has 0 spiro atoms. The molecule has 0 fully saturated rings. The summed E-state index contributed by atoms with van der Waals surface area (Å²) < 4.78 is 5.08. The molecule has 2 rings (SSSR count). The molecule has 0 saturated heterocycles. The van der Waals surface area contributed by atoms with E-state index in [0.29, 0.717) is 5.02 Å². The molecular formula is C17H17ClN2O2. The van der Waals surface area contributed by atoms with E-state index in [2.05, 4.69) is 10.5 Å². The highest BCUT2D eigenvalue weighted by Crippen LogP contribution is 2.12. The Balaban J connectivity index is 1.93. The molecule has 5 heteroatoms. The molecule has 0 heterocycles. The molecule has 1 N–H and O–H groups in total. The summed E-state index contributed by atoms with van der Waals surface area (Å²) in [5, 5.41) is 4.77. The molecule has 4 nitrogen and oxygen atoms in total. The lowest BCUT2D eigenvalue weighted by Crippen LogP contribution is -2.21. The van der Waals surface area contributed by atoms with E-state index in [1.54, 1.807) is 19.2 Å². The van der Waals surface area contributed by atoms with Gasteiger partial charge in [-0.25, -0.2) is 5.43 Å². The minimum atomic E-state index is -0.168. The topological polar surface area (TPSA) is 50.7 Å². The molecule has 0 aliphatic heterocycles. The van der Waals surface area contributed by atoms with Crippen molar-refractivity contribution < 1.29 is 9.53 Å². The number of hydrogen-bond acceptors (Lipinski definition) is 3. The number of ether oxygens (including phenoxy) is 1. The van der Waals surface area contributed by atoms with Crippen LogP contribution < -0.4 is 10.2 Å². The van der Waals surface area contributed by atoms with Crippen LogP contribution in [0.4, 0.5) is 0 Å². The summed E-state index contributed by atoms with van der Waals surface area (Å²) in [6.45, 7) is 1.83. The van der Waals surface area contributed by atoms with Crippen LogP contribution in [-0.4, -0.2) is 18.7 Å². The number of hydrogen-bond donors (Lipinski definition) is 1. The fourth-order valence-corrected chi connectivity index (χ4v) is 2.00. The number of carbonyl (C=O) groups is 1. The first-order chi connectivity index (χ1) is 10.6. The predicted molar refractivity (Wildman–Crippen MR) is 88.5 cm³/mol. The highest BCUT2D eigenvalue weighted by Gasteiger charge is 2.04. The van der Waals surface area contributed by atoms with Crippen molar-refractivity contribution in [2.75, 3.05) is 7.11 Å². The van der Waals surface area contributed by atoms with Crippen LogP contribution in [0.3, 0.4) is 0 Å². The van der Waals surface area contributed by atoms with E-state index in [1.807, 2.05) is 43.3 Å². The number of nitrogens with zero attached hydrogens (tertiary/aromatic N) is 1. The minimum absolute atomic E-state index is 0.168. The zero-order valence-electron chi connectivity index (χ0n) is 12.5. The van der Waals surface area contributed by atoms with E-state index in [1.165, 1.54) is 0 Å². The standard InChI is InChI=1S/C17H17ClN2O2/c1-12(14-5-7-15(18)8-6-14)19-20-17(21)11-13-3-9-16(22-2)10-4-13/h3-10H,11H2,1-2H3,(H,20,21). The summed E-state index contributed by atoms with van der Waals surface area (Å²) >= 11 is 5.84. The van der Waals surface area contributed by atoms with Crippen LogP contribution in [0.2, 0.25) is 5.02 Å². The summed E-state index contributed by atoms with van der Waals surface area (Å²) in [5.41, 5.74) is 5.09. The van der Waals surface area contributed by atoms with Gasteiger partial charge in [0.2, 0.25) is 5.91 Å². The quantitative estimate of drug-likeness (QED) is 0.678. The Morgan fingerprint density at radius 3 is 2.36 bits per heavy atom. The Labute approximate surface area is 134 Å². The van der Waals surface area contributed by atoms with Crippen LogP contribution >= 0.6 is 11.6 Å². The SMILES string of the molecule is COc1ccc(CC(=O)NN=C(C)c2ccc(Cl)cc2)cc1. The zero-order chi connectivity index (χ0) is 15.9. The van der Waals surface area contributed by atoms with Crippen molar-refractivity contribution in [3.8, 4) is 5.75 Å². The monoisotopic (exact) mass is 316 g/mol. The number of nitrogens with one attached hydrogen (secondary N) is 1. The second-order valence-electron chi connectivity index (χ2n) is 4.76. The maximum atomic E-state index is 11.9. The molecule has 0 radical (unpaired) electrons. The van der Waals surface area contributed by atoms with E-state index in [-0.39, 0.29) is 12.3 Å². The lowest BCUT2D eigenvalue weighted by Gasteiger charge is -2.04. The molecule has 2 aromatic rings. The van der Waals surface area contributed by atoms with Gasteiger partial charge >= 0.3 is 0 Å². The Morgan fingerprint density at radius 2 is 1.77 bits per heavy atom. The number of carbonyl (C=O) groups excluding carboxylic acids is 1. The lowest BCUT2D eigenvalue weighted by atomic mass is 10.1. The zero-order valence-corrected chi connectivity index (χ0v) is 13.2. The molecule has 22 heavy (non-hydrogen) atoms. The molecule has 0 aromatic heterocycles. The summed E-state index contributed by atoms with van der Waals surface area (Å²) in [4.78, 5) is 11.9. The van der Waals surface area contributed by atoms with Gasteiger partial charge in [-0.15, -0.1) is 0 Å². The third-order valence-corrected chi connectivity index (χ3v) is 3.39. The molecule has 0 aliphatic rings. The summed E-state index contributed by atoms with van der Waals surface area (Å²) in [5.74, 6) is 0.597. The number of benzene rings is 2. The molecule has 0 unspecified atom stereocenters. The molecule has 114 valence electrons. The second kappa shape index (κ2) is 7.61. The fraction of sp³-hybridized carbons (Fsp3) is 0.176. The van der Waals surface area contributed by atoms with Gasteiger partial charge < -0.3 is 4.74 Å². The number of hydrazone groups is 1. The number of methoxy groups -OCH3 is 1. The Morgan fingerprint density at radius 1 is 1.14 bits per heavy atom. The maximum absolute atomic E-state index is 11.9. The molecule has 0 atom stereocenters. The predicted octanol–water partition coefficient (Wildman–Crippen LogP) is 3.43. The van der Waals surface area contributed by atoms with E-state index in [0.717, 1.165) is 22.6 Å². The van der Waals surface area contributed by atoms with E-state index in [9.17, 15) is 4.79 Å². The van der Waals surface area contributed by atoms with Gasteiger partial charge in [0, 0.05) is 5.02 Å². The van der Waals surface area contributed by atoms with Gasteiger partial charge in [-0.05, 0) is 42.3 Å². The summed E-state index contributed by atoms with van der Waals surface area (Å²) in [6.07, 6.45) is 0.265. The van der Waals surface area contributed by atoms with E-state index < -0.39 is 0 Å². The highest BCUT2D eigenvalue weighted by atomic mass is 35.5. The van der Waals surface area contributed by atoms with Crippen molar-refractivity contribution in [1.29, 1.82) is 0 Å². The first-order valence-electron chi connectivity index (χ1n) is 6.80. The van der Waals surface area contributed by atoms with Crippen LogP contribution in [0.15, 0.2) is 53.6 Å². The van der Waals surface area contributed by atoms with Crippen LogP contribution in [0.5, 0.6) is 5.75 Å². The fourth-order valence-electron chi connectivity index (χ4n) is 1.87. The maximum Gasteiger partial charge on any atom is 0.244 e. The molecule has 1 amide bonds. The third-order valence-electron chi connectivity index (χ3n) is 3.13.